The quantitative estimate of drug-likeness (QED) is 0.859. The van der Waals surface area contributed by atoms with Crippen LogP contribution in [0.15, 0.2) is 18.2 Å². The summed E-state index contributed by atoms with van der Waals surface area (Å²) in [7, 11) is 1.83. The zero-order chi connectivity index (χ0) is 13.4. The Morgan fingerprint density at radius 3 is 2.74 bits per heavy atom. The van der Waals surface area contributed by atoms with E-state index in [1.807, 2.05) is 13.1 Å². The maximum absolute atomic E-state index is 14.0. The number of fused-ring (bicyclic) bond motifs is 1. The molecule has 1 aliphatic rings. The third-order valence-corrected chi connectivity index (χ3v) is 4.24. The van der Waals surface area contributed by atoms with Gasteiger partial charge in [-0.25, -0.2) is 9.37 Å². The van der Waals surface area contributed by atoms with Crippen molar-refractivity contribution in [3.05, 3.63) is 34.7 Å². The van der Waals surface area contributed by atoms with Gasteiger partial charge in [-0.05, 0) is 31.0 Å². The predicted octanol–water partition coefficient (Wildman–Crippen LogP) is 4.73. The van der Waals surface area contributed by atoms with Gasteiger partial charge in [0.05, 0.1) is 5.02 Å². The van der Waals surface area contributed by atoms with Gasteiger partial charge in [-0.15, -0.1) is 0 Å². The molecule has 0 aliphatic heterocycles. The van der Waals surface area contributed by atoms with E-state index in [2.05, 4.69) is 10.3 Å². The largest absolute Gasteiger partial charge is 0.387 e. The normalized spacial score (nSPS) is 16.2. The van der Waals surface area contributed by atoms with Crippen LogP contribution in [0.3, 0.4) is 0 Å². The van der Waals surface area contributed by atoms with Crippen molar-refractivity contribution in [1.29, 1.82) is 0 Å². The Hall–Kier alpha value is -1.35. The maximum Gasteiger partial charge on any atom is 0.149 e. The number of hydrogen-bond acceptors (Lipinski definition) is 2. The van der Waals surface area contributed by atoms with Gasteiger partial charge in [0.25, 0.3) is 0 Å². The van der Waals surface area contributed by atoms with Crippen molar-refractivity contribution in [2.45, 2.75) is 31.6 Å². The van der Waals surface area contributed by atoms with Crippen LogP contribution in [-0.2, 0) is 0 Å². The first kappa shape index (κ1) is 12.7. The molecular formula is C15H16ClFN2. The molecule has 100 valence electrons. The maximum atomic E-state index is 14.0. The number of rotatable bonds is 2. The minimum atomic E-state index is -0.309. The molecule has 0 bridgehead atoms. The van der Waals surface area contributed by atoms with E-state index < -0.39 is 0 Å². The third kappa shape index (κ3) is 2.16. The summed E-state index contributed by atoms with van der Waals surface area (Å²) in [5.74, 6) is 0.144. The first-order valence-electron chi connectivity index (χ1n) is 6.67. The zero-order valence-electron chi connectivity index (χ0n) is 10.8. The Morgan fingerprint density at radius 2 is 2.05 bits per heavy atom. The first-order valence-corrected chi connectivity index (χ1v) is 7.05. The highest BCUT2D eigenvalue weighted by Gasteiger charge is 2.21. The first-order chi connectivity index (χ1) is 9.20. The molecule has 0 saturated heterocycles. The van der Waals surface area contributed by atoms with Crippen LogP contribution in [0.2, 0.25) is 5.02 Å². The Morgan fingerprint density at radius 1 is 1.32 bits per heavy atom. The highest BCUT2D eigenvalue weighted by molar-refractivity contribution is 6.36. The lowest BCUT2D eigenvalue weighted by Crippen LogP contribution is -2.01. The van der Waals surface area contributed by atoms with Gasteiger partial charge >= 0.3 is 0 Å². The Bertz CT molecular complexity index is 621. The second-order valence-electron chi connectivity index (χ2n) is 5.08. The summed E-state index contributed by atoms with van der Waals surface area (Å²) < 4.78 is 14.0. The molecular weight excluding hydrogens is 263 g/mol. The van der Waals surface area contributed by atoms with Crippen LogP contribution in [0.5, 0.6) is 0 Å². The van der Waals surface area contributed by atoms with Crippen molar-refractivity contribution in [3.8, 4) is 0 Å². The van der Waals surface area contributed by atoms with Crippen molar-refractivity contribution >= 4 is 28.2 Å². The predicted molar refractivity (Wildman–Crippen MR) is 77.5 cm³/mol. The highest BCUT2D eigenvalue weighted by Crippen LogP contribution is 2.38. The standard InChI is InChI=1S/C15H16ClFN2/c1-18-13-8-12(9-4-2-3-5-9)19-15-11(17)7-6-10(16)14(13)15/h6-9H,2-5H2,1H3,(H,18,19). The third-order valence-electron chi connectivity index (χ3n) is 3.92. The van der Waals surface area contributed by atoms with E-state index in [0.29, 0.717) is 21.8 Å². The van der Waals surface area contributed by atoms with Crippen LogP contribution < -0.4 is 5.32 Å². The molecule has 3 rings (SSSR count). The smallest absolute Gasteiger partial charge is 0.149 e. The molecule has 1 aliphatic carbocycles. The fourth-order valence-corrected chi connectivity index (χ4v) is 3.17. The van der Waals surface area contributed by atoms with Crippen molar-refractivity contribution in [2.75, 3.05) is 12.4 Å². The minimum absolute atomic E-state index is 0.309. The molecule has 19 heavy (non-hydrogen) atoms. The molecule has 0 unspecified atom stereocenters. The van der Waals surface area contributed by atoms with E-state index in [4.69, 9.17) is 11.6 Å². The fourth-order valence-electron chi connectivity index (χ4n) is 2.92. The summed E-state index contributed by atoms with van der Waals surface area (Å²) in [5, 5.41) is 4.32. The van der Waals surface area contributed by atoms with Crippen LogP contribution in [0, 0.1) is 5.82 Å². The Kier molecular flexibility index (Phi) is 3.31. The van der Waals surface area contributed by atoms with E-state index in [1.165, 1.54) is 18.9 Å². The number of hydrogen-bond donors (Lipinski definition) is 1. The lowest BCUT2D eigenvalue weighted by Gasteiger charge is -2.14. The molecule has 2 nitrogen and oxygen atoms in total. The van der Waals surface area contributed by atoms with E-state index in [0.717, 1.165) is 24.2 Å². The molecule has 1 heterocycles. The lowest BCUT2D eigenvalue weighted by molar-refractivity contribution is 0.633. The molecule has 0 amide bonds. The van der Waals surface area contributed by atoms with Gasteiger partial charge < -0.3 is 5.32 Å². The summed E-state index contributed by atoms with van der Waals surface area (Å²) in [6.07, 6.45) is 4.75. The summed E-state index contributed by atoms with van der Waals surface area (Å²) >= 11 is 6.18. The van der Waals surface area contributed by atoms with Crippen LogP contribution in [0.25, 0.3) is 10.9 Å². The monoisotopic (exact) mass is 278 g/mol. The number of aromatic nitrogens is 1. The summed E-state index contributed by atoms with van der Waals surface area (Å²) in [4.78, 5) is 4.53. The van der Waals surface area contributed by atoms with Gasteiger partial charge in [0.1, 0.15) is 11.3 Å². The number of halogens is 2. The molecule has 1 N–H and O–H groups in total. The van der Waals surface area contributed by atoms with Crippen molar-refractivity contribution in [2.24, 2.45) is 0 Å². The second-order valence-corrected chi connectivity index (χ2v) is 5.49. The Labute approximate surface area is 117 Å². The molecule has 1 fully saturated rings. The van der Waals surface area contributed by atoms with Crippen molar-refractivity contribution in [1.82, 2.24) is 4.98 Å². The van der Waals surface area contributed by atoms with E-state index in [9.17, 15) is 4.39 Å². The summed E-state index contributed by atoms with van der Waals surface area (Å²) in [5.41, 5.74) is 2.22. The van der Waals surface area contributed by atoms with Crippen LogP contribution in [-0.4, -0.2) is 12.0 Å². The topological polar surface area (TPSA) is 24.9 Å². The number of anilines is 1. The average Bonchev–Trinajstić information content (AvgIpc) is 2.96. The minimum Gasteiger partial charge on any atom is -0.387 e. The van der Waals surface area contributed by atoms with Crippen LogP contribution in [0.1, 0.15) is 37.3 Å². The lowest BCUT2D eigenvalue weighted by atomic mass is 10.0. The molecule has 1 saturated carbocycles. The SMILES string of the molecule is CNc1cc(C2CCCC2)nc2c(F)ccc(Cl)c12. The molecule has 4 heteroatoms. The molecule has 0 spiro atoms. The molecule has 1 aromatic carbocycles. The molecule has 1 aromatic heterocycles. The van der Waals surface area contributed by atoms with Crippen LogP contribution in [0.4, 0.5) is 10.1 Å². The highest BCUT2D eigenvalue weighted by atomic mass is 35.5. The van der Waals surface area contributed by atoms with Gasteiger partial charge in [0.15, 0.2) is 0 Å². The second kappa shape index (κ2) is 4.97. The number of nitrogens with one attached hydrogen (secondary N) is 1. The van der Waals surface area contributed by atoms with Gasteiger partial charge in [0.2, 0.25) is 0 Å². The molecule has 0 atom stereocenters. The summed E-state index contributed by atoms with van der Waals surface area (Å²) in [6, 6.07) is 4.98. The number of nitrogens with zero attached hydrogens (tertiary/aromatic N) is 1. The van der Waals surface area contributed by atoms with Gasteiger partial charge in [0, 0.05) is 29.7 Å². The van der Waals surface area contributed by atoms with Gasteiger partial charge in [-0.1, -0.05) is 24.4 Å². The van der Waals surface area contributed by atoms with E-state index in [1.54, 1.807) is 6.07 Å². The molecule has 2 aromatic rings. The van der Waals surface area contributed by atoms with E-state index in [-0.39, 0.29) is 5.82 Å². The average molecular weight is 279 g/mol. The van der Waals surface area contributed by atoms with Gasteiger partial charge in [-0.2, -0.15) is 0 Å². The molecule has 0 radical (unpaired) electrons. The van der Waals surface area contributed by atoms with Crippen molar-refractivity contribution in [3.63, 3.8) is 0 Å². The summed E-state index contributed by atoms with van der Waals surface area (Å²) in [6.45, 7) is 0. The van der Waals surface area contributed by atoms with E-state index >= 15 is 0 Å². The zero-order valence-corrected chi connectivity index (χ0v) is 11.6. The van der Waals surface area contributed by atoms with Gasteiger partial charge in [-0.3, -0.25) is 0 Å². The number of pyridine rings is 1. The van der Waals surface area contributed by atoms with Crippen molar-refractivity contribution < 1.29 is 4.39 Å². The Balaban J connectivity index is 2.24. The number of benzene rings is 1. The fraction of sp³-hybridized carbons (Fsp3) is 0.400. The van der Waals surface area contributed by atoms with Crippen LogP contribution >= 0.6 is 11.6 Å².